The summed E-state index contributed by atoms with van der Waals surface area (Å²) in [7, 11) is -3.38. The number of hydrogen-bond donors (Lipinski definition) is 1. The van der Waals surface area contributed by atoms with E-state index in [0.717, 1.165) is 5.56 Å². The van der Waals surface area contributed by atoms with Gasteiger partial charge in [-0.2, -0.15) is 0 Å². The van der Waals surface area contributed by atoms with Crippen LogP contribution in [0, 0.1) is 5.92 Å². The van der Waals surface area contributed by atoms with Gasteiger partial charge in [0.15, 0.2) is 0 Å². The number of nitrogens with one attached hydrogen (secondary N) is 1. The van der Waals surface area contributed by atoms with Gasteiger partial charge < -0.3 is 0 Å². The lowest BCUT2D eigenvalue weighted by atomic mass is 10.2. The van der Waals surface area contributed by atoms with Gasteiger partial charge in [-0.05, 0) is 30.0 Å². The van der Waals surface area contributed by atoms with E-state index in [1.165, 1.54) is 0 Å². The minimum Gasteiger partial charge on any atom is -0.211 e. The lowest BCUT2D eigenvalue weighted by molar-refractivity contribution is 0.560. The fourth-order valence-corrected chi connectivity index (χ4v) is 2.65. The molecule has 1 aromatic carbocycles. The maximum absolute atomic E-state index is 12.0. The second kappa shape index (κ2) is 5.98. The van der Waals surface area contributed by atoms with Crippen LogP contribution in [0.3, 0.4) is 0 Å². The van der Waals surface area contributed by atoms with Crippen molar-refractivity contribution < 1.29 is 8.42 Å². The summed E-state index contributed by atoms with van der Waals surface area (Å²) in [6.07, 6.45) is 2.43. The molecule has 0 aliphatic rings. The highest BCUT2D eigenvalue weighted by atomic mass is 32.2. The van der Waals surface area contributed by atoms with Crippen LogP contribution in [0.15, 0.2) is 41.8 Å². The van der Waals surface area contributed by atoms with E-state index in [2.05, 4.69) is 11.3 Å². The molecule has 3 nitrogen and oxygen atoms in total. The van der Waals surface area contributed by atoms with Crippen LogP contribution in [-0.2, 0) is 16.4 Å². The van der Waals surface area contributed by atoms with E-state index in [0.29, 0.717) is 23.8 Å². The van der Waals surface area contributed by atoms with Gasteiger partial charge >= 0.3 is 0 Å². The Kier molecular flexibility index (Phi) is 4.90. The Hall–Kier alpha value is -1.13. The van der Waals surface area contributed by atoms with Crippen molar-refractivity contribution in [3.63, 3.8) is 0 Å². The molecular weight excluding hydrogens is 234 g/mol. The summed E-state index contributed by atoms with van der Waals surface area (Å²) >= 11 is 0. The summed E-state index contributed by atoms with van der Waals surface area (Å²) in [4.78, 5) is 0.317. The predicted molar refractivity (Wildman–Crippen MR) is 70.4 cm³/mol. The Morgan fingerprint density at radius 2 is 2.12 bits per heavy atom. The van der Waals surface area contributed by atoms with Gasteiger partial charge in [-0.1, -0.05) is 32.1 Å². The highest BCUT2D eigenvalue weighted by Gasteiger charge is 2.13. The molecule has 0 unspecified atom stereocenters. The normalized spacial score (nSPS) is 11.7. The molecule has 0 atom stereocenters. The Bertz CT molecular complexity index is 478. The van der Waals surface area contributed by atoms with Crippen molar-refractivity contribution in [1.82, 2.24) is 4.72 Å². The van der Waals surface area contributed by atoms with Crippen molar-refractivity contribution in [2.75, 3.05) is 6.54 Å². The number of hydrogen-bond acceptors (Lipinski definition) is 2. The number of allylic oxidation sites excluding steroid dienone is 1. The summed E-state index contributed by atoms with van der Waals surface area (Å²) in [6.45, 7) is 8.03. The Balaban J connectivity index is 2.90. The molecule has 0 bridgehead atoms. The Labute approximate surface area is 104 Å². The van der Waals surface area contributed by atoms with E-state index < -0.39 is 10.0 Å². The monoisotopic (exact) mass is 253 g/mol. The minimum atomic E-state index is -3.38. The third-order valence-electron chi connectivity index (χ3n) is 2.27. The zero-order chi connectivity index (χ0) is 12.9. The van der Waals surface area contributed by atoms with E-state index in [1.54, 1.807) is 24.3 Å². The maximum Gasteiger partial charge on any atom is 0.240 e. The fourth-order valence-electron chi connectivity index (χ4n) is 1.37. The standard InChI is InChI=1S/C13H19NO2S/c1-4-6-12-7-5-8-13(9-12)17(15,16)14-10-11(2)3/h4-5,7-9,11,14H,1,6,10H2,2-3H3. The fraction of sp³-hybridized carbons (Fsp3) is 0.385. The van der Waals surface area contributed by atoms with Gasteiger partial charge in [-0.3, -0.25) is 0 Å². The molecule has 0 amide bonds. The Morgan fingerprint density at radius 1 is 1.41 bits per heavy atom. The van der Waals surface area contributed by atoms with Crippen molar-refractivity contribution in [1.29, 1.82) is 0 Å². The molecule has 0 aromatic heterocycles. The van der Waals surface area contributed by atoms with Crippen LogP contribution in [0.2, 0.25) is 0 Å². The van der Waals surface area contributed by atoms with E-state index >= 15 is 0 Å². The van der Waals surface area contributed by atoms with Crippen LogP contribution >= 0.6 is 0 Å². The largest absolute Gasteiger partial charge is 0.240 e. The summed E-state index contributed by atoms with van der Waals surface area (Å²) in [5, 5.41) is 0. The topological polar surface area (TPSA) is 46.2 Å². The van der Waals surface area contributed by atoms with Crippen molar-refractivity contribution in [2.45, 2.75) is 25.2 Å². The van der Waals surface area contributed by atoms with E-state index in [-0.39, 0.29) is 0 Å². The summed E-state index contributed by atoms with van der Waals surface area (Å²) in [6, 6.07) is 6.94. The molecule has 0 aliphatic carbocycles. The second-order valence-electron chi connectivity index (χ2n) is 4.39. The van der Waals surface area contributed by atoms with E-state index in [1.807, 2.05) is 19.9 Å². The Morgan fingerprint density at radius 3 is 2.71 bits per heavy atom. The molecule has 0 saturated heterocycles. The minimum absolute atomic E-state index is 0.293. The molecule has 0 fully saturated rings. The SMILES string of the molecule is C=CCc1cccc(S(=O)(=O)NCC(C)C)c1. The molecule has 1 N–H and O–H groups in total. The number of rotatable bonds is 6. The van der Waals surface area contributed by atoms with Crippen molar-refractivity contribution in [2.24, 2.45) is 5.92 Å². The third-order valence-corrected chi connectivity index (χ3v) is 3.69. The van der Waals surface area contributed by atoms with Crippen molar-refractivity contribution in [3.8, 4) is 0 Å². The van der Waals surface area contributed by atoms with Crippen LogP contribution in [0.25, 0.3) is 0 Å². The van der Waals surface area contributed by atoms with Crippen LogP contribution in [0.5, 0.6) is 0 Å². The van der Waals surface area contributed by atoms with Crippen LogP contribution < -0.4 is 4.72 Å². The van der Waals surface area contributed by atoms with Gasteiger partial charge in [0.05, 0.1) is 4.90 Å². The van der Waals surface area contributed by atoms with Crippen molar-refractivity contribution in [3.05, 3.63) is 42.5 Å². The van der Waals surface area contributed by atoms with Crippen LogP contribution in [0.4, 0.5) is 0 Å². The first-order chi connectivity index (χ1) is 7.95. The molecule has 0 saturated carbocycles. The number of sulfonamides is 1. The van der Waals surface area contributed by atoms with Crippen LogP contribution in [0.1, 0.15) is 19.4 Å². The molecule has 0 aliphatic heterocycles. The maximum atomic E-state index is 12.0. The average Bonchev–Trinajstić information content (AvgIpc) is 2.27. The highest BCUT2D eigenvalue weighted by molar-refractivity contribution is 7.89. The molecule has 0 spiro atoms. The molecule has 0 heterocycles. The highest BCUT2D eigenvalue weighted by Crippen LogP contribution is 2.12. The molecule has 4 heteroatoms. The van der Waals surface area contributed by atoms with Gasteiger partial charge in [0.2, 0.25) is 10.0 Å². The second-order valence-corrected chi connectivity index (χ2v) is 6.15. The molecule has 94 valence electrons. The van der Waals surface area contributed by atoms with E-state index in [9.17, 15) is 8.42 Å². The quantitative estimate of drug-likeness (QED) is 0.791. The van der Waals surface area contributed by atoms with E-state index in [4.69, 9.17) is 0 Å². The van der Waals surface area contributed by atoms with Crippen LogP contribution in [-0.4, -0.2) is 15.0 Å². The first kappa shape index (κ1) is 13.9. The lowest BCUT2D eigenvalue weighted by Gasteiger charge is -2.09. The average molecular weight is 253 g/mol. The molecular formula is C13H19NO2S. The first-order valence-electron chi connectivity index (χ1n) is 5.65. The predicted octanol–water partition coefficient (Wildman–Crippen LogP) is 2.35. The van der Waals surface area contributed by atoms with Gasteiger partial charge in [-0.15, -0.1) is 6.58 Å². The summed E-state index contributed by atoms with van der Waals surface area (Å²) in [5.41, 5.74) is 0.951. The third kappa shape index (κ3) is 4.32. The van der Waals surface area contributed by atoms with Gasteiger partial charge in [0, 0.05) is 6.54 Å². The molecule has 0 radical (unpaired) electrons. The molecule has 17 heavy (non-hydrogen) atoms. The first-order valence-corrected chi connectivity index (χ1v) is 7.13. The van der Waals surface area contributed by atoms with Gasteiger partial charge in [0.25, 0.3) is 0 Å². The van der Waals surface area contributed by atoms with Gasteiger partial charge in [0.1, 0.15) is 0 Å². The summed E-state index contributed by atoms with van der Waals surface area (Å²) in [5.74, 6) is 0.293. The zero-order valence-corrected chi connectivity index (χ0v) is 11.1. The lowest BCUT2D eigenvalue weighted by Crippen LogP contribution is -2.27. The zero-order valence-electron chi connectivity index (χ0n) is 10.3. The van der Waals surface area contributed by atoms with Crippen molar-refractivity contribution >= 4 is 10.0 Å². The molecule has 1 aromatic rings. The molecule has 1 rings (SSSR count). The summed E-state index contributed by atoms with van der Waals surface area (Å²) < 4.78 is 26.5. The number of benzene rings is 1. The van der Waals surface area contributed by atoms with Gasteiger partial charge in [-0.25, -0.2) is 13.1 Å². The smallest absolute Gasteiger partial charge is 0.211 e.